The molecular weight excluding hydrogens is 271 g/mol. The molecule has 0 unspecified atom stereocenters. The average Bonchev–Trinajstić information content (AvgIpc) is 2.85. The summed E-state index contributed by atoms with van der Waals surface area (Å²) >= 11 is 0.636. The molecule has 0 saturated carbocycles. The third-order valence-electron chi connectivity index (χ3n) is 2.77. The fourth-order valence-corrected chi connectivity index (χ4v) is 2.21. The van der Waals surface area contributed by atoms with E-state index in [0.29, 0.717) is 16.9 Å². The molecule has 0 atom stereocenters. The summed E-state index contributed by atoms with van der Waals surface area (Å²) in [5.41, 5.74) is 1.00. The van der Waals surface area contributed by atoms with Crippen LogP contribution in [0, 0.1) is 29.8 Å². The van der Waals surface area contributed by atoms with Crippen LogP contribution in [0.3, 0.4) is 0 Å². The van der Waals surface area contributed by atoms with Crippen molar-refractivity contribution in [2.45, 2.75) is 13.8 Å². The summed E-state index contributed by atoms with van der Waals surface area (Å²) in [6.07, 6.45) is 0.997. The quantitative estimate of drug-likeness (QED) is 0.492. The normalized spacial score (nSPS) is 10.5. The zero-order chi connectivity index (χ0) is 14.2. The smallest absolute Gasteiger partial charge is 0.286 e. The second kappa shape index (κ2) is 4.85. The van der Waals surface area contributed by atoms with Gasteiger partial charge in [-0.05, 0) is 42.4 Å². The Balaban J connectivity index is 2.44. The lowest BCUT2D eigenvalue weighted by Gasteiger charge is -2.05. The first-order valence-electron chi connectivity index (χ1n) is 5.32. The Labute approximate surface area is 111 Å². The molecule has 0 saturated heterocycles. The number of benzene rings is 1. The fourth-order valence-electron chi connectivity index (χ4n) is 1.53. The lowest BCUT2D eigenvalue weighted by molar-refractivity contribution is -0.380. The van der Waals surface area contributed by atoms with Crippen molar-refractivity contribution in [2.75, 3.05) is 0 Å². The molecule has 19 heavy (non-hydrogen) atoms. The van der Waals surface area contributed by atoms with Crippen molar-refractivity contribution >= 4 is 22.1 Å². The van der Waals surface area contributed by atoms with Gasteiger partial charge in [0.05, 0.1) is 10.5 Å². The minimum absolute atomic E-state index is 0.0890. The molecular formula is C12H9FN2O3S. The summed E-state index contributed by atoms with van der Waals surface area (Å²) in [7, 11) is 0. The summed E-state index contributed by atoms with van der Waals surface area (Å²) in [4.78, 5) is 25.6. The van der Waals surface area contributed by atoms with Gasteiger partial charge in [0.2, 0.25) is 5.78 Å². The molecule has 1 aromatic heterocycles. The van der Waals surface area contributed by atoms with Crippen LogP contribution in [-0.4, -0.2) is 15.7 Å². The van der Waals surface area contributed by atoms with Gasteiger partial charge in [0.1, 0.15) is 12.0 Å². The molecule has 7 heteroatoms. The number of halogens is 1. The SMILES string of the molecule is Cc1ccc(C(=O)c2ncc([N+](=O)[O-])s2)c(F)c1C. The number of carbonyl (C=O) groups excluding carboxylic acids is 1. The predicted molar refractivity (Wildman–Crippen MR) is 68.1 cm³/mol. The Morgan fingerprint density at radius 2 is 2.11 bits per heavy atom. The Bertz CT molecular complexity index is 682. The van der Waals surface area contributed by atoms with Gasteiger partial charge < -0.3 is 0 Å². The highest BCUT2D eigenvalue weighted by Crippen LogP contribution is 2.25. The number of nitro groups is 1. The van der Waals surface area contributed by atoms with Crippen LogP contribution >= 0.6 is 11.3 Å². The van der Waals surface area contributed by atoms with Crippen molar-refractivity contribution in [1.82, 2.24) is 4.98 Å². The van der Waals surface area contributed by atoms with Crippen LogP contribution in [0.25, 0.3) is 0 Å². The highest BCUT2D eigenvalue weighted by atomic mass is 32.1. The number of hydrogen-bond acceptors (Lipinski definition) is 5. The van der Waals surface area contributed by atoms with Crippen molar-refractivity contribution in [1.29, 1.82) is 0 Å². The lowest BCUT2D eigenvalue weighted by Crippen LogP contribution is -2.05. The first-order chi connectivity index (χ1) is 8.91. The summed E-state index contributed by atoms with van der Waals surface area (Å²) < 4.78 is 14.0. The van der Waals surface area contributed by atoms with Gasteiger partial charge in [-0.1, -0.05) is 6.07 Å². The van der Waals surface area contributed by atoms with E-state index in [1.54, 1.807) is 19.9 Å². The minimum Gasteiger partial charge on any atom is -0.286 e. The van der Waals surface area contributed by atoms with Crippen LogP contribution in [0.5, 0.6) is 0 Å². The van der Waals surface area contributed by atoms with E-state index < -0.39 is 16.5 Å². The number of nitrogens with zero attached hydrogens (tertiary/aromatic N) is 2. The van der Waals surface area contributed by atoms with E-state index in [0.717, 1.165) is 11.8 Å². The van der Waals surface area contributed by atoms with E-state index in [4.69, 9.17) is 0 Å². The highest BCUT2D eigenvalue weighted by Gasteiger charge is 2.22. The maximum atomic E-state index is 14.0. The van der Waals surface area contributed by atoms with E-state index in [1.807, 2.05) is 0 Å². The number of hydrogen-bond donors (Lipinski definition) is 0. The van der Waals surface area contributed by atoms with Crippen LogP contribution in [0.4, 0.5) is 9.39 Å². The van der Waals surface area contributed by atoms with Crippen molar-refractivity contribution in [2.24, 2.45) is 0 Å². The van der Waals surface area contributed by atoms with E-state index in [-0.39, 0.29) is 15.6 Å². The second-order valence-electron chi connectivity index (χ2n) is 3.96. The van der Waals surface area contributed by atoms with Gasteiger partial charge >= 0.3 is 5.00 Å². The van der Waals surface area contributed by atoms with Crippen LogP contribution in [-0.2, 0) is 0 Å². The Hall–Kier alpha value is -2.15. The zero-order valence-electron chi connectivity index (χ0n) is 10.1. The molecule has 0 bridgehead atoms. The number of rotatable bonds is 3. The van der Waals surface area contributed by atoms with Crippen molar-refractivity contribution < 1.29 is 14.1 Å². The maximum Gasteiger partial charge on any atom is 0.344 e. The monoisotopic (exact) mass is 280 g/mol. The van der Waals surface area contributed by atoms with Crippen molar-refractivity contribution in [3.8, 4) is 0 Å². The molecule has 2 aromatic rings. The molecule has 98 valence electrons. The maximum absolute atomic E-state index is 14.0. The average molecular weight is 280 g/mol. The van der Waals surface area contributed by atoms with E-state index >= 15 is 0 Å². The Morgan fingerprint density at radius 1 is 1.42 bits per heavy atom. The molecule has 1 heterocycles. The van der Waals surface area contributed by atoms with E-state index in [1.165, 1.54) is 6.07 Å². The standard InChI is InChI=1S/C12H9FN2O3S/c1-6-3-4-8(10(13)7(6)2)11(16)12-14-5-9(19-12)15(17)18/h3-5H,1-2H3. The topological polar surface area (TPSA) is 73.1 Å². The number of ketones is 1. The van der Waals surface area contributed by atoms with E-state index in [2.05, 4.69) is 4.98 Å². The molecule has 0 aliphatic rings. The van der Waals surface area contributed by atoms with Crippen LogP contribution in [0.15, 0.2) is 18.3 Å². The third kappa shape index (κ3) is 2.37. The highest BCUT2D eigenvalue weighted by molar-refractivity contribution is 7.16. The molecule has 0 fully saturated rings. The molecule has 5 nitrogen and oxygen atoms in total. The van der Waals surface area contributed by atoms with Gasteiger partial charge in [0.15, 0.2) is 5.01 Å². The lowest BCUT2D eigenvalue weighted by atomic mass is 10.0. The summed E-state index contributed by atoms with van der Waals surface area (Å²) in [6.45, 7) is 3.31. The number of aromatic nitrogens is 1. The van der Waals surface area contributed by atoms with Crippen LogP contribution < -0.4 is 0 Å². The van der Waals surface area contributed by atoms with Gasteiger partial charge in [-0.3, -0.25) is 14.9 Å². The second-order valence-corrected chi connectivity index (χ2v) is 4.97. The number of carbonyl (C=O) groups is 1. The molecule has 0 amide bonds. The predicted octanol–water partition coefficient (Wildman–Crippen LogP) is 3.04. The molecule has 2 rings (SSSR count). The number of thiazole rings is 1. The van der Waals surface area contributed by atoms with Crippen molar-refractivity contribution in [3.05, 3.63) is 56.0 Å². The molecule has 0 N–H and O–H groups in total. The summed E-state index contributed by atoms with van der Waals surface area (Å²) in [5.74, 6) is -1.25. The minimum atomic E-state index is -0.640. The molecule has 1 aromatic carbocycles. The number of aryl methyl sites for hydroxylation is 1. The molecule has 0 aliphatic carbocycles. The van der Waals surface area contributed by atoms with Crippen molar-refractivity contribution in [3.63, 3.8) is 0 Å². The third-order valence-corrected chi connectivity index (χ3v) is 3.72. The first kappa shape index (κ1) is 13.3. The van der Waals surface area contributed by atoms with Gasteiger partial charge in [0.25, 0.3) is 0 Å². The Morgan fingerprint density at radius 3 is 2.68 bits per heavy atom. The van der Waals surface area contributed by atoms with Gasteiger partial charge in [0, 0.05) is 0 Å². The summed E-state index contributed by atoms with van der Waals surface area (Å²) in [5, 5.41) is 10.2. The van der Waals surface area contributed by atoms with E-state index in [9.17, 15) is 19.3 Å². The fraction of sp³-hybridized carbons (Fsp3) is 0.167. The zero-order valence-corrected chi connectivity index (χ0v) is 11.0. The van der Waals surface area contributed by atoms with Crippen LogP contribution in [0.1, 0.15) is 26.5 Å². The molecule has 0 aliphatic heterocycles. The van der Waals surface area contributed by atoms with Gasteiger partial charge in [-0.2, -0.15) is 0 Å². The molecule has 0 radical (unpaired) electrons. The summed E-state index contributed by atoms with van der Waals surface area (Å²) in [6, 6.07) is 3.00. The largest absolute Gasteiger partial charge is 0.344 e. The Kier molecular flexibility index (Phi) is 3.39. The first-order valence-corrected chi connectivity index (χ1v) is 6.14. The molecule has 0 spiro atoms. The van der Waals surface area contributed by atoms with Gasteiger partial charge in [-0.25, -0.2) is 9.37 Å². The van der Waals surface area contributed by atoms with Gasteiger partial charge in [-0.15, -0.1) is 0 Å². The van der Waals surface area contributed by atoms with Crippen LogP contribution in [0.2, 0.25) is 0 Å².